The zero-order valence-corrected chi connectivity index (χ0v) is 13.8. The fourth-order valence-electron chi connectivity index (χ4n) is 2.57. The maximum atomic E-state index is 11.1. The molecule has 0 spiro atoms. The molecular weight excluding hydrogens is 337 g/mol. The van der Waals surface area contributed by atoms with Crippen molar-refractivity contribution in [1.29, 1.82) is 0 Å². The number of carboxylic acids is 1. The lowest BCUT2D eigenvalue weighted by atomic mass is 10.00. The Hall–Kier alpha value is -2.04. The van der Waals surface area contributed by atoms with E-state index in [1.54, 1.807) is 18.5 Å². The Balaban J connectivity index is 1.97. The van der Waals surface area contributed by atoms with Gasteiger partial charge in [-0.2, -0.15) is 0 Å². The van der Waals surface area contributed by atoms with Crippen LogP contribution in [0.25, 0.3) is 11.0 Å². The second-order valence-electron chi connectivity index (χ2n) is 5.28. The third-order valence-corrected chi connectivity index (χ3v) is 4.43. The van der Waals surface area contributed by atoms with Gasteiger partial charge in [0.15, 0.2) is 0 Å². The minimum absolute atomic E-state index is 0.0597. The van der Waals surface area contributed by atoms with Gasteiger partial charge < -0.3 is 9.52 Å². The zero-order valence-electron chi connectivity index (χ0n) is 12.3. The summed E-state index contributed by atoms with van der Waals surface area (Å²) in [5, 5.41) is 11.0. The summed E-state index contributed by atoms with van der Waals surface area (Å²) in [6, 6.07) is 5.46. The molecule has 0 saturated heterocycles. The van der Waals surface area contributed by atoms with Gasteiger partial charge in [0.05, 0.1) is 10.0 Å². The molecule has 0 radical (unpaired) electrons. The number of benzene rings is 1. The number of aromatic nitrogens is 1. The molecule has 1 aromatic carbocycles. The van der Waals surface area contributed by atoms with Crippen molar-refractivity contribution in [3.8, 4) is 0 Å². The summed E-state index contributed by atoms with van der Waals surface area (Å²) in [7, 11) is 0. The lowest BCUT2D eigenvalue weighted by molar-refractivity contribution is 0.0665. The van der Waals surface area contributed by atoms with Crippen LogP contribution in [-0.4, -0.2) is 16.1 Å². The summed E-state index contributed by atoms with van der Waals surface area (Å²) >= 11 is 12.3. The topological polar surface area (TPSA) is 63.3 Å². The minimum atomic E-state index is -1.08. The quantitative estimate of drug-likeness (QED) is 0.725. The number of halogens is 2. The monoisotopic (exact) mass is 349 g/mol. The van der Waals surface area contributed by atoms with Crippen LogP contribution in [0.15, 0.2) is 35.0 Å². The van der Waals surface area contributed by atoms with E-state index in [4.69, 9.17) is 32.7 Å². The highest BCUT2D eigenvalue weighted by atomic mass is 35.5. The van der Waals surface area contributed by atoms with E-state index in [2.05, 4.69) is 4.98 Å². The fourth-order valence-corrected chi connectivity index (χ4v) is 3.13. The average Bonchev–Trinajstić information content (AvgIpc) is 2.95. The molecule has 3 aromatic rings. The molecule has 118 valence electrons. The molecule has 0 aliphatic rings. The van der Waals surface area contributed by atoms with Crippen molar-refractivity contribution in [2.24, 2.45) is 0 Å². The number of nitrogens with zero attached hydrogens (tertiary/aromatic N) is 1. The number of rotatable bonds is 4. The summed E-state index contributed by atoms with van der Waals surface area (Å²) in [6.07, 6.45) is 4.42. The smallest absolute Gasteiger partial charge is 0.371 e. The van der Waals surface area contributed by atoms with E-state index >= 15 is 0 Å². The van der Waals surface area contributed by atoms with Crippen molar-refractivity contribution in [3.63, 3.8) is 0 Å². The number of carbonyl (C=O) groups is 1. The van der Waals surface area contributed by atoms with Crippen molar-refractivity contribution < 1.29 is 14.3 Å². The Morgan fingerprint density at radius 1 is 1.22 bits per heavy atom. The molecule has 2 heterocycles. The molecule has 0 bridgehead atoms. The van der Waals surface area contributed by atoms with Crippen molar-refractivity contribution >= 4 is 40.1 Å². The van der Waals surface area contributed by atoms with Gasteiger partial charge in [-0.15, -0.1) is 0 Å². The average molecular weight is 350 g/mol. The molecular formula is C17H13Cl2NO3. The molecule has 0 aliphatic heterocycles. The fraction of sp³-hybridized carbons (Fsp3) is 0.176. The van der Waals surface area contributed by atoms with Crippen LogP contribution in [-0.2, 0) is 12.8 Å². The van der Waals surface area contributed by atoms with Crippen LogP contribution in [0.4, 0.5) is 0 Å². The summed E-state index contributed by atoms with van der Waals surface area (Å²) in [5.41, 5.74) is 3.33. The summed E-state index contributed by atoms with van der Waals surface area (Å²) in [6.45, 7) is 1.89. The standard InChI is InChI=1S/C17H13Cl2NO3/c1-9-2-3-10(12-6-15(17(21)22)23-16(9)12)4-5-11-13(18)7-20-8-14(11)19/h2-3,6-8H,4-5H2,1H3,(H,21,22). The molecule has 0 unspecified atom stereocenters. The Morgan fingerprint density at radius 3 is 2.57 bits per heavy atom. The summed E-state index contributed by atoms with van der Waals surface area (Å²) in [5.74, 6) is -1.14. The van der Waals surface area contributed by atoms with Crippen LogP contribution in [0, 0.1) is 6.92 Å². The second-order valence-corrected chi connectivity index (χ2v) is 6.10. The number of aryl methyl sites for hydroxylation is 2. The number of pyridine rings is 1. The van der Waals surface area contributed by atoms with Crippen LogP contribution in [0.2, 0.25) is 10.0 Å². The molecule has 0 saturated carbocycles. The predicted molar refractivity (Wildman–Crippen MR) is 89.6 cm³/mol. The lowest BCUT2D eigenvalue weighted by Crippen LogP contribution is -1.95. The SMILES string of the molecule is Cc1ccc(CCc2c(Cl)cncc2Cl)c2cc(C(=O)O)oc12. The largest absolute Gasteiger partial charge is 0.475 e. The third-order valence-electron chi connectivity index (χ3n) is 3.78. The highest BCUT2D eigenvalue weighted by molar-refractivity contribution is 6.35. The van der Waals surface area contributed by atoms with Gasteiger partial charge in [0.1, 0.15) is 5.58 Å². The maximum Gasteiger partial charge on any atom is 0.371 e. The van der Waals surface area contributed by atoms with Crippen LogP contribution >= 0.6 is 23.2 Å². The number of aromatic carboxylic acids is 1. The summed E-state index contributed by atoms with van der Waals surface area (Å²) in [4.78, 5) is 15.1. The van der Waals surface area contributed by atoms with Crippen LogP contribution in [0.5, 0.6) is 0 Å². The molecule has 4 nitrogen and oxygen atoms in total. The van der Waals surface area contributed by atoms with E-state index in [9.17, 15) is 4.79 Å². The first kappa shape index (κ1) is 15.8. The number of fused-ring (bicyclic) bond motifs is 1. The lowest BCUT2D eigenvalue weighted by Gasteiger charge is -2.08. The first-order valence-corrected chi connectivity index (χ1v) is 7.76. The van der Waals surface area contributed by atoms with Crippen molar-refractivity contribution in [2.45, 2.75) is 19.8 Å². The molecule has 6 heteroatoms. The van der Waals surface area contributed by atoms with Crippen LogP contribution < -0.4 is 0 Å². The van der Waals surface area contributed by atoms with Gasteiger partial charge >= 0.3 is 5.97 Å². The molecule has 0 aliphatic carbocycles. The second kappa shape index (κ2) is 6.22. The Bertz CT molecular complexity index is 882. The highest BCUT2D eigenvalue weighted by Gasteiger charge is 2.15. The Labute approximate surface area is 142 Å². The van der Waals surface area contributed by atoms with Gasteiger partial charge in [-0.1, -0.05) is 35.3 Å². The van der Waals surface area contributed by atoms with E-state index in [0.717, 1.165) is 22.1 Å². The van der Waals surface area contributed by atoms with Crippen molar-refractivity contribution in [3.05, 3.63) is 63.1 Å². The Kier molecular flexibility index (Phi) is 4.28. The van der Waals surface area contributed by atoms with Crippen molar-refractivity contribution in [1.82, 2.24) is 4.98 Å². The van der Waals surface area contributed by atoms with E-state index < -0.39 is 5.97 Å². The van der Waals surface area contributed by atoms with Gasteiger partial charge in [-0.25, -0.2) is 4.79 Å². The third kappa shape index (κ3) is 3.05. The van der Waals surface area contributed by atoms with Crippen LogP contribution in [0.1, 0.15) is 27.2 Å². The van der Waals surface area contributed by atoms with Gasteiger partial charge in [-0.3, -0.25) is 4.98 Å². The van der Waals surface area contributed by atoms with Gasteiger partial charge in [0.25, 0.3) is 0 Å². The van der Waals surface area contributed by atoms with Crippen molar-refractivity contribution in [2.75, 3.05) is 0 Å². The Morgan fingerprint density at radius 2 is 1.91 bits per heavy atom. The molecule has 2 aromatic heterocycles. The normalized spacial score (nSPS) is 11.1. The zero-order chi connectivity index (χ0) is 16.6. The molecule has 0 atom stereocenters. The van der Waals surface area contributed by atoms with Gasteiger partial charge in [-0.05, 0) is 42.5 Å². The van der Waals surface area contributed by atoms with Gasteiger partial charge in [0, 0.05) is 17.8 Å². The number of hydrogen-bond acceptors (Lipinski definition) is 3. The number of furan rings is 1. The molecule has 3 rings (SSSR count). The summed E-state index contributed by atoms with van der Waals surface area (Å²) < 4.78 is 5.44. The first-order valence-electron chi connectivity index (χ1n) is 7.00. The van der Waals surface area contributed by atoms with Crippen LogP contribution in [0.3, 0.4) is 0 Å². The molecule has 23 heavy (non-hydrogen) atoms. The van der Waals surface area contributed by atoms with E-state index in [1.165, 1.54) is 0 Å². The predicted octanol–water partition coefficient (Wildman–Crippen LogP) is 4.93. The molecule has 1 N–H and O–H groups in total. The number of carboxylic acid groups (broad SMARTS) is 1. The highest BCUT2D eigenvalue weighted by Crippen LogP contribution is 2.29. The number of hydrogen-bond donors (Lipinski definition) is 1. The van der Waals surface area contributed by atoms with E-state index in [-0.39, 0.29) is 5.76 Å². The van der Waals surface area contributed by atoms with E-state index in [0.29, 0.717) is 28.5 Å². The van der Waals surface area contributed by atoms with E-state index in [1.807, 2.05) is 19.1 Å². The first-order chi connectivity index (χ1) is 11.0. The van der Waals surface area contributed by atoms with Gasteiger partial charge in [0.2, 0.25) is 5.76 Å². The molecule has 0 fully saturated rings. The molecule has 0 amide bonds. The maximum absolute atomic E-state index is 11.1. The minimum Gasteiger partial charge on any atom is -0.475 e.